The monoisotopic (exact) mass is 359 g/mol. The van der Waals surface area contributed by atoms with Crippen LogP contribution in [0.25, 0.3) is 11.1 Å². The minimum Gasteiger partial charge on any atom is -0.324 e. The van der Waals surface area contributed by atoms with Crippen molar-refractivity contribution >= 4 is 11.6 Å². The third-order valence-electron chi connectivity index (χ3n) is 5.00. The summed E-state index contributed by atoms with van der Waals surface area (Å²) in [7, 11) is 0. The molecule has 1 atom stereocenters. The Morgan fingerprint density at radius 1 is 1.07 bits per heavy atom. The van der Waals surface area contributed by atoms with Crippen LogP contribution >= 0.6 is 0 Å². The van der Waals surface area contributed by atoms with Crippen molar-refractivity contribution in [1.82, 2.24) is 9.78 Å². The van der Waals surface area contributed by atoms with Gasteiger partial charge in [0.25, 0.3) is 5.56 Å². The summed E-state index contributed by atoms with van der Waals surface area (Å²) in [6, 6.07) is 18.5. The van der Waals surface area contributed by atoms with Gasteiger partial charge in [-0.2, -0.15) is 5.10 Å². The Bertz CT molecular complexity index is 1040. The molecule has 1 amide bonds. The molecule has 0 saturated heterocycles. The normalized spacial score (nSPS) is 13.8. The first-order valence-electron chi connectivity index (χ1n) is 9.20. The van der Waals surface area contributed by atoms with Crippen LogP contribution in [0.1, 0.15) is 30.6 Å². The van der Waals surface area contributed by atoms with Crippen LogP contribution in [0.15, 0.2) is 65.5 Å². The molecule has 4 rings (SSSR count). The fourth-order valence-electron chi connectivity index (χ4n) is 3.50. The highest BCUT2D eigenvalue weighted by molar-refractivity contribution is 5.97. The molecular weight excluding hydrogens is 338 g/mol. The van der Waals surface area contributed by atoms with E-state index in [1.807, 2.05) is 54.6 Å². The number of nitrogens with one attached hydrogen (secondary N) is 1. The summed E-state index contributed by atoms with van der Waals surface area (Å²) in [6.45, 7) is 1.70. The van der Waals surface area contributed by atoms with Crippen molar-refractivity contribution in [3.05, 3.63) is 82.3 Å². The molecule has 0 saturated carbocycles. The molecular formula is C22H21N3O2. The lowest BCUT2D eigenvalue weighted by Crippen LogP contribution is -2.34. The fourth-order valence-corrected chi connectivity index (χ4v) is 3.50. The molecule has 1 aliphatic carbocycles. The first-order chi connectivity index (χ1) is 13.1. The standard InChI is InChI=1S/C22H21N3O2/c1-15(25-21(26)14-17-10-7-13-19(17)24-25)22(27)23-20-12-6-5-11-18(20)16-8-3-2-4-9-16/h2-6,8-9,11-12,14-15H,7,10,13H2,1H3,(H,23,27). The number of rotatable bonds is 4. The van der Waals surface area contributed by atoms with E-state index in [0.29, 0.717) is 0 Å². The van der Waals surface area contributed by atoms with Gasteiger partial charge in [-0.25, -0.2) is 4.68 Å². The van der Waals surface area contributed by atoms with Gasteiger partial charge < -0.3 is 5.32 Å². The largest absolute Gasteiger partial charge is 0.324 e. The van der Waals surface area contributed by atoms with Gasteiger partial charge in [0.15, 0.2) is 0 Å². The number of aryl methyl sites for hydroxylation is 2. The molecule has 27 heavy (non-hydrogen) atoms. The van der Waals surface area contributed by atoms with Gasteiger partial charge in [-0.3, -0.25) is 9.59 Å². The number of carbonyl (C=O) groups is 1. The molecule has 0 radical (unpaired) electrons. The highest BCUT2D eigenvalue weighted by Crippen LogP contribution is 2.28. The second kappa shape index (κ2) is 7.19. The maximum Gasteiger partial charge on any atom is 0.267 e. The summed E-state index contributed by atoms with van der Waals surface area (Å²) in [5, 5.41) is 7.40. The molecule has 1 aliphatic rings. The van der Waals surface area contributed by atoms with E-state index in [2.05, 4.69) is 10.4 Å². The van der Waals surface area contributed by atoms with Crippen LogP contribution in [-0.4, -0.2) is 15.7 Å². The van der Waals surface area contributed by atoms with Crippen molar-refractivity contribution in [2.24, 2.45) is 0 Å². The van der Waals surface area contributed by atoms with Crippen molar-refractivity contribution < 1.29 is 4.79 Å². The van der Waals surface area contributed by atoms with Gasteiger partial charge in [-0.1, -0.05) is 48.5 Å². The SMILES string of the molecule is CC(C(=O)Nc1ccccc1-c1ccccc1)n1nc2c(cc1=O)CCC2. The van der Waals surface area contributed by atoms with Crippen molar-refractivity contribution in [3.63, 3.8) is 0 Å². The smallest absolute Gasteiger partial charge is 0.267 e. The Labute approximate surface area is 157 Å². The zero-order chi connectivity index (χ0) is 18.8. The minimum atomic E-state index is -0.688. The quantitative estimate of drug-likeness (QED) is 0.774. The molecule has 1 aromatic heterocycles. The van der Waals surface area contributed by atoms with Gasteiger partial charge in [0.05, 0.1) is 5.69 Å². The zero-order valence-electron chi connectivity index (χ0n) is 15.2. The lowest BCUT2D eigenvalue weighted by molar-refractivity contribution is -0.119. The van der Waals surface area contributed by atoms with Gasteiger partial charge in [-0.05, 0) is 43.4 Å². The van der Waals surface area contributed by atoms with Crippen molar-refractivity contribution in [1.29, 1.82) is 0 Å². The number of amides is 1. The number of hydrogen-bond acceptors (Lipinski definition) is 3. The Kier molecular flexibility index (Phi) is 4.59. The van der Waals surface area contributed by atoms with Crippen LogP contribution in [0, 0.1) is 0 Å². The summed E-state index contributed by atoms with van der Waals surface area (Å²) in [6.07, 6.45) is 2.76. The number of carbonyl (C=O) groups excluding carboxylic acids is 1. The Morgan fingerprint density at radius 3 is 2.63 bits per heavy atom. The van der Waals surface area contributed by atoms with Gasteiger partial charge >= 0.3 is 0 Å². The third-order valence-corrected chi connectivity index (χ3v) is 5.00. The average molecular weight is 359 g/mol. The average Bonchev–Trinajstić information content (AvgIpc) is 3.15. The molecule has 5 heteroatoms. The van der Waals surface area contributed by atoms with Gasteiger partial charge in [0.1, 0.15) is 6.04 Å². The van der Waals surface area contributed by atoms with Crippen LogP contribution in [0.3, 0.4) is 0 Å². The second-order valence-corrected chi connectivity index (χ2v) is 6.83. The van der Waals surface area contributed by atoms with Crippen LogP contribution in [0.2, 0.25) is 0 Å². The maximum atomic E-state index is 12.8. The van der Waals surface area contributed by atoms with E-state index in [9.17, 15) is 9.59 Å². The van der Waals surface area contributed by atoms with Gasteiger partial charge in [0, 0.05) is 17.3 Å². The van der Waals surface area contributed by atoms with E-state index < -0.39 is 6.04 Å². The second-order valence-electron chi connectivity index (χ2n) is 6.83. The molecule has 0 fully saturated rings. The van der Waals surface area contributed by atoms with Crippen LogP contribution < -0.4 is 10.9 Å². The molecule has 1 heterocycles. The van der Waals surface area contributed by atoms with Crippen LogP contribution in [-0.2, 0) is 17.6 Å². The zero-order valence-corrected chi connectivity index (χ0v) is 15.2. The molecule has 0 spiro atoms. The first kappa shape index (κ1) is 17.2. The number of aromatic nitrogens is 2. The lowest BCUT2D eigenvalue weighted by Gasteiger charge is -2.17. The van der Waals surface area contributed by atoms with Crippen molar-refractivity contribution in [3.8, 4) is 11.1 Å². The third kappa shape index (κ3) is 3.40. The minimum absolute atomic E-state index is 0.227. The number of nitrogens with zero attached hydrogens (tertiary/aromatic N) is 2. The molecule has 1 N–H and O–H groups in total. The highest BCUT2D eigenvalue weighted by Gasteiger charge is 2.22. The maximum absolute atomic E-state index is 12.8. The first-order valence-corrected chi connectivity index (χ1v) is 9.20. The number of hydrogen-bond donors (Lipinski definition) is 1. The Balaban J connectivity index is 1.61. The van der Waals surface area contributed by atoms with Crippen LogP contribution in [0.4, 0.5) is 5.69 Å². The molecule has 0 aliphatic heterocycles. The van der Waals surface area contributed by atoms with E-state index in [0.717, 1.165) is 47.3 Å². The van der Waals surface area contributed by atoms with E-state index in [-0.39, 0.29) is 11.5 Å². The summed E-state index contributed by atoms with van der Waals surface area (Å²) in [5.74, 6) is -0.258. The summed E-state index contributed by atoms with van der Waals surface area (Å²) >= 11 is 0. The molecule has 1 unspecified atom stereocenters. The van der Waals surface area contributed by atoms with Crippen molar-refractivity contribution in [2.75, 3.05) is 5.32 Å². The number of fused-ring (bicyclic) bond motifs is 1. The lowest BCUT2D eigenvalue weighted by atomic mass is 10.0. The molecule has 0 bridgehead atoms. The number of para-hydroxylation sites is 1. The van der Waals surface area contributed by atoms with E-state index >= 15 is 0 Å². The molecule has 3 aromatic rings. The molecule has 5 nitrogen and oxygen atoms in total. The van der Waals surface area contributed by atoms with Crippen molar-refractivity contribution in [2.45, 2.75) is 32.2 Å². The Hall–Kier alpha value is -3.21. The summed E-state index contributed by atoms with van der Waals surface area (Å²) in [4.78, 5) is 25.2. The molecule has 2 aromatic carbocycles. The highest BCUT2D eigenvalue weighted by atomic mass is 16.2. The van der Waals surface area contributed by atoms with Gasteiger partial charge in [0.2, 0.25) is 5.91 Å². The molecule has 136 valence electrons. The predicted octanol–water partition coefficient (Wildman–Crippen LogP) is 3.60. The number of anilines is 1. The Morgan fingerprint density at radius 2 is 1.81 bits per heavy atom. The summed E-state index contributed by atoms with van der Waals surface area (Å²) in [5.41, 5.74) is 4.39. The van der Waals surface area contributed by atoms with Gasteiger partial charge in [-0.15, -0.1) is 0 Å². The van der Waals surface area contributed by atoms with E-state index in [1.165, 1.54) is 4.68 Å². The van der Waals surface area contributed by atoms with Crippen LogP contribution in [0.5, 0.6) is 0 Å². The topological polar surface area (TPSA) is 64.0 Å². The van der Waals surface area contributed by atoms with E-state index in [4.69, 9.17) is 0 Å². The fraction of sp³-hybridized carbons (Fsp3) is 0.227. The van der Waals surface area contributed by atoms with E-state index in [1.54, 1.807) is 13.0 Å². The predicted molar refractivity (Wildman–Crippen MR) is 106 cm³/mol. The number of benzene rings is 2. The summed E-state index contributed by atoms with van der Waals surface area (Å²) < 4.78 is 1.30.